The van der Waals surface area contributed by atoms with Crippen LogP contribution in [-0.4, -0.2) is 5.24 Å². The van der Waals surface area contributed by atoms with E-state index in [0.717, 1.165) is 6.42 Å². The Bertz CT molecular complexity index is 173. The average molecular weight is 203 g/mol. The summed E-state index contributed by atoms with van der Waals surface area (Å²) < 4.78 is 0. The highest BCUT2D eigenvalue weighted by Crippen LogP contribution is 2.08. The average Bonchev–Trinajstić information content (AvgIpc) is 2.10. The van der Waals surface area contributed by atoms with Crippen LogP contribution in [0.4, 0.5) is 0 Å². The highest BCUT2D eigenvalue weighted by Gasteiger charge is 1.96. The standard InChI is InChI=1S/C11H19ClO/c1-3-4-5-6-7-8-9-10(2)11(12)13/h9H,3-8H2,1-2H3/b10-9+. The Balaban J connectivity index is 3.34. The zero-order valence-corrected chi connectivity index (χ0v) is 9.36. The van der Waals surface area contributed by atoms with Gasteiger partial charge >= 0.3 is 0 Å². The molecule has 13 heavy (non-hydrogen) atoms. The van der Waals surface area contributed by atoms with E-state index in [1.54, 1.807) is 6.92 Å². The lowest BCUT2D eigenvalue weighted by Crippen LogP contribution is -1.87. The second kappa shape index (κ2) is 8.31. The number of allylic oxidation sites excluding steroid dienone is 2. The number of carbonyl (C=O) groups excluding carboxylic acids is 1. The van der Waals surface area contributed by atoms with Gasteiger partial charge in [0.2, 0.25) is 5.24 Å². The lowest BCUT2D eigenvalue weighted by molar-refractivity contribution is -0.108. The Morgan fingerprint density at radius 1 is 1.23 bits per heavy atom. The number of carbonyl (C=O) groups is 1. The van der Waals surface area contributed by atoms with Crippen molar-refractivity contribution in [2.75, 3.05) is 0 Å². The Hall–Kier alpha value is -0.300. The fraction of sp³-hybridized carbons (Fsp3) is 0.727. The van der Waals surface area contributed by atoms with E-state index in [2.05, 4.69) is 6.92 Å². The smallest absolute Gasteiger partial charge is 0.247 e. The normalized spacial score (nSPS) is 11.8. The topological polar surface area (TPSA) is 17.1 Å². The number of halogens is 1. The molecule has 0 N–H and O–H groups in total. The molecule has 0 aromatic rings. The summed E-state index contributed by atoms with van der Waals surface area (Å²) >= 11 is 5.28. The predicted molar refractivity (Wildman–Crippen MR) is 58.0 cm³/mol. The molecule has 0 atom stereocenters. The van der Waals surface area contributed by atoms with E-state index >= 15 is 0 Å². The summed E-state index contributed by atoms with van der Waals surface area (Å²) in [5, 5.41) is -0.325. The van der Waals surface area contributed by atoms with Crippen molar-refractivity contribution < 1.29 is 4.79 Å². The van der Waals surface area contributed by atoms with Crippen molar-refractivity contribution in [1.29, 1.82) is 0 Å². The molecule has 0 aliphatic heterocycles. The molecule has 0 aromatic carbocycles. The van der Waals surface area contributed by atoms with Crippen molar-refractivity contribution in [1.82, 2.24) is 0 Å². The Morgan fingerprint density at radius 3 is 2.38 bits per heavy atom. The first kappa shape index (κ1) is 12.7. The zero-order valence-electron chi connectivity index (χ0n) is 8.61. The van der Waals surface area contributed by atoms with Gasteiger partial charge < -0.3 is 0 Å². The van der Waals surface area contributed by atoms with E-state index < -0.39 is 0 Å². The largest absolute Gasteiger partial charge is 0.276 e. The van der Waals surface area contributed by atoms with E-state index in [9.17, 15) is 4.79 Å². The van der Waals surface area contributed by atoms with Crippen molar-refractivity contribution in [3.63, 3.8) is 0 Å². The minimum Gasteiger partial charge on any atom is -0.276 e. The van der Waals surface area contributed by atoms with Gasteiger partial charge in [0.1, 0.15) is 0 Å². The fourth-order valence-electron chi connectivity index (χ4n) is 1.15. The molecule has 0 heterocycles. The lowest BCUT2D eigenvalue weighted by Gasteiger charge is -1.97. The molecule has 2 heteroatoms. The van der Waals surface area contributed by atoms with Crippen molar-refractivity contribution >= 4 is 16.8 Å². The number of hydrogen-bond donors (Lipinski definition) is 0. The second-order valence-corrected chi connectivity index (χ2v) is 3.71. The summed E-state index contributed by atoms with van der Waals surface area (Å²) in [6.45, 7) is 3.97. The molecule has 0 unspecified atom stereocenters. The zero-order chi connectivity index (χ0) is 10.1. The highest BCUT2D eigenvalue weighted by molar-refractivity contribution is 6.67. The molecule has 1 nitrogen and oxygen atoms in total. The van der Waals surface area contributed by atoms with Crippen LogP contribution in [0.15, 0.2) is 11.6 Å². The van der Waals surface area contributed by atoms with Crippen molar-refractivity contribution in [2.24, 2.45) is 0 Å². The second-order valence-electron chi connectivity index (χ2n) is 3.36. The minimum absolute atomic E-state index is 0.325. The molecule has 0 aromatic heterocycles. The van der Waals surface area contributed by atoms with Crippen LogP contribution < -0.4 is 0 Å². The third-order valence-corrected chi connectivity index (χ3v) is 2.37. The molecule has 0 aliphatic carbocycles. The van der Waals surface area contributed by atoms with E-state index in [-0.39, 0.29) is 5.24 Å². The SMILES string of the molecule is CCCCCCC/C=C(\C)C(=O)Cl. The Kier molecular flexibility index (Phi) is 8.11. The quantitative estimate of drug-likeness (QED) is 0.346. The summed E-state index contributed by atoms with van der Waals surface area (Å²) in [6.07, 6.45) is 9.23. The maximum absolute atomic E-state index is 10.6. The van der Waals surface area contributed by atoms with Crippen LogP contribution in [0.5, 0.6) is 0 Å². The molecule has 0 spiro atoms. The van der Waals surface area contributed by atoms with Gasteiger partial charge in [0, 0.05) is 5.57 Å². The van der Waals surface area contributed by atoms with Crippen LogP contribution >= 0.6 is 11.6 Å². The van der Waals surface area contributed by atoms with E-state index in [1.165, 1.54) is 32.1 Å². The molecule has 0 saturated heterocycles. The first-order chi connectivity index (χ1) is 6.18. The molecule has 0 amide bonds. The van der Waals surface area contributed by atoms with Crippen LogP contribution in [0.3, 0.4) is 0 Å². The van der Waals surface area contributed by atoms with E-state index in [0.29, 0.717) is 5.57 Å². The molecule has 0 bridgehead atoms. The van der Waals surface area contributed by atoms with Crippen LogP contribution in [0.25, 0.3) is 0 Å². The van der Waals surface area contributed by atoms with Crippen LogP contribution in [-0.2, 0) is 4.79 Å². The molecule has 0 aliphatic rings. The van der Waals surface area contributed by atoms with Crippen molar-refractivity contribution in [3.8, 4) is 0 Å². The van der Waals surface area contributed by atoms with Crippen molar-refractivity contribution in [3.05, 3.63) is 11.6 Å². The summed E-state index contributed by atoms with van der Waals surface area (Å²) in [5.41, 5.74) is 0.678. The van der Waals surface area contributed by atoms with E-state index in [1.807, 2.05) is 6.08 Å². The molecule has 0 rings (SSSR count). The first-order valence-electron chi connectivity index (χ1n) is 5.05. The molecule has 0 saturated carbocycles. The van der Waals surface area contributed by atoms with Gasteiger partial charge in [-0.2, -0.15) is 0 Å². The van der Waals surface area contributed by atoms with E-state index in [4.69, 9.17) is 11.6 Å². The Labute approximate surface area is 86.2 Å². The summed E-state index contributed by atoms with van der Waals surface area (Å²) in [6, 6.07) is 0. The molecular weight excluding hydrogens is 184 g/mol. The van der Waals surface area contributed by atoms with Crippen LogP contribution in [0.2, 0.25) is 0 Å². The maximum atomic E-state index is 10.6. The fourth-order valence-corrected chi connectivity index (χ4v) is 1.22. The molecule has 0 radical (unpaired) electrons. The molecule has 0 fully saturated rings. The summed E-state index contributed by atoms with van der Waals surface area (Å²) in [5.74, 6) is 0. The minimum atomic E-state index is -0.325. The summed E-state index contributed by atoms with van der Waals surface area (Å²) in [4.78, 5) is 10.6. The molecular formula is C11H19ClO. The van der Waals surface area contributed by atoms with Crippen molar-refractivity contribution in [2.45, 2.75) is 52.4 Å². The predicted octanol–water partition coefficient (Wildman–Crippen LogP) is 4.06. The van der Waals surface area contributed by atoms with Gasteiger partial charge in [-0.3, -0.25) is 4.79 Å². The van der Waals surface area contributed by atoms with Gasteiger partial charge in [0.15, 0.2) is 0 Å². The van der Waals surface area contributed by atoms with Crippen LogP contribution in [0, 0.1) is 0 Å². The Morgan fingerprint density at radius 2 is 1.85 bits per heavy atom. The van der Waals surface area contributed by atoms with Gasteiger partial charge in [-0.25, -0.2) is 0 Å². The number of unbranched alkanes of at least 4 members (excludes halogenated alkanes) is 5. The van der Waals surface area contributed by atoms with Gasteiger partial charge in [0.25, 0.3) is 0 Å². The third kappa shape index (κ3) is 8.04. The summed E-state index contributed by atoms with van der Waals surface area (Å²) in [7, 11) is 0. The first-order valence-corrected chi connectivity index (χ1v) is 5.43. The van der Waals surface area contributed by atoms with Gasteiger partial charge in [0.05, 0.1) is 0 Å². The lowest BCUT2D eigenvalue weighted by atomic mass is 10.1. The number of hydrogen-bond acceptors (Lipinski definition) is 1. The number of rotatable bonds is 7. The van der Waals surface area contributed by atoms with Crippen LogP contribution in [0.1, 0.15) is 52.4 Å². The van der Waals surface area contributed by atoms with Gasteiger partial charge in [-0.1, -0.05) is 38.7 Å². The van der Waals surface area contributed by atoms with Gasteiger partial charge in [-0.05, 0) is 31.4 Å². The maximum Gasteiger partial charge on any atom is 0.247 e. The molecule has 76 valence electrons. The third-order valence-electron chi connectivity index (χ3n) is 2.07. The van der Waals surface area contributed by atoms with Gasteiger partial charge in [-0.15, -0.1) is 0 Å². The highest BCUT2D eigenvalue weighted by atomic mass is 35.5. The monoisotopic (exact) mass is 202 g/mol.